The molecule has 0 radical (unpaired) electrons. The maximum Gasteiger partial charge on any atom is 0.255 e. The number of amides is 4. The standard InChI is InChI=1S/C50H62ClN6O10P/c1-63-44-32-38(14-13-36(44)31-46-52-33-41(51)42(53-46)30-37-8-4-5-12-45(37)68(2,3)62)55-18-20-56(21-19-55)48(59)17-23-65-25-27-67-29-28-66-26-24-64-22-7-10-35-9-6-11-39-40(35)34-57(50(39)61)43-15-16-47(58)54-49(43)60/h4-6,8-9,11-14,32-33,43H,7,10,15-31,34H2,1-3H3,(H,54,58,60). The van der Waals surface area contributed by atoms with Gasteiger partial charge < -0.3 is 42.9 Å². The van der Waals surface area contributed by atoms with Crippen LogP contribution in [0.25, 0.3) is 0 Å². The fraction of sp³-hybridized carbons (Fsp3) is 0.480. The van der Waals surface area contributed by atoms with E-state index in [4.69, 9.17) is 40.3 Å². The minimum absolute atomic E-state index is 0.0665. The molecule has 1 N–H and O–H groups in total. The van der Waals surface area contributed by atoms with Crippen molar-refractivity contribution < 1.29 is 47.4 Å². The second-order valence-electron chi connectivity index (χ2n) is 17.4. The molecule has 3 aliphatic rings. The minimum atomic E-state index is -2.49. The van der Waals surface area contributed by atoms with Crippen molar-refractivity contribution in [3.8, 4) is 5.75 Å². The van der Waals surface area contributed by atoms with Gasteiger partial charge in [-0.3, -0.25) is 24.5 Å². The fourth-order valence-electron chi connectivity index (χ4n) is 8.81. The van der Waals surface area contributed by atoms with Crippen LogP contribution in [0.4, 0.5) is 5.69 Å². The number of anilines is 1. The predicted octanol–water partition coefficient (Wildman–Crippen LogP) is 5.07. The molecular weight excluding hydrogens is 911 g/mol. The van der Waals surface area contributed by atoms with Crippen molar-refractivity contribution in [3.63, 3.8) is 0 Å². The summed E-state index contributed by atoms with van der Waals surface area (Å²) in [6.45, 7) is 9.93. The second kappa shape index (κ2) is 24.4. The maximum absolute atomic E-state index is 13.1. The minimum Gasteiger partial charge on any atom is -0.496 e. The smallest absolute Gasteiger partial charge is 0.255 e. The van der Waals surface area contributed by atoms with E-state index in [2.05, 4.69) is 21.3 Å². The molecule has 1 unspecified atom stereocenters. The van der Waals surface area contributed by atoms with Gasteiger partial charge in [0.1, 0.15) is 24.8 Å². The molecule has 4 amide bonds. The molecule has 0 spiro atoms. The SMILES string of the molecule is COc1cc(N2CCN(C(=O)CCOCCOCCOCCOCCCc3cccc4c3CN(C3CCC(=O)NC3=O)C4=O)CC2)ccc1Cc1ncc(Cl)c(Cc2ccccc2P(C)(C)=O)n1. The van der Waals surface area contributed by atoms with E-state index in [1.165, 1.54) is 0 Å². The van der Waals surface area contributed by atoms with Crippen molar-refractivity contribution in [2.45, 2.75) is 57.5 Å². The number of carbonyl (C=O) groups is 4. The Balaban J connectivity index is 0.714. The second-order valence-corrected chi connectivity index (χ2v) is 21.0. The van der Waals surface area contributed by atoms with E-state index in [9.17, 15) is 23.7 Å². The number of aryl methyl sites for hydroxylation is 1. The van der Waals surface area contributed by atoms with Crippen LogP contribution >= 0.6 is 18.7 Å². The first-order valence-electron chi connectivity index (χ1n) is 23.3. The van der Waals surface area contributed by atoms with E-state index in [1.807, 2.05) is 53.4 Å². The largest absolute Gasteiger partial charge is 0.496 e. The van der Waals surface area contributed by atoms with Crippen LogP contribution in [0.2, 0.25) is 5.02 Å². The summed E-state index contributed by atoms with van der Waals surface area (Å²) in [7, 11) is -0.838. The molecule has 16 nitrogen and oxygen atoms in total. The molecule has 3 aromatic carbocycles. The summed E-state index contributed by atoms with van der Waals surface area (Å²) in [6, 6.07) is 18.9. The highest BCUT2D eigenvalue weighted by Crippen LogP contribution is 2.37. The van der Waals surface area contributed by atoms with Crippen LogP contribution in [0.5, 0.6) is 5.75 Å². The van der Waals surface area contributed by atoms with Crippen LogP contribution in [0.1, 0.15) is 69.8 Å². The summed E-state index contributed by atoms with van der Waals surface area (Å²) in [5.41, 5.74) is 6.20. The van der Waals surface area contributed by atoms with Crippen LogP contribution < -0.4 is 20.3 Å². The normalized spacial score (nSPS) is 16.3. The summed E-state index contributed by atoms with van der Waals surface area (Å²) >= 11 is 6.54. The highest BCUT2D eigenvalue weighted by Gasteiger charge is 2.39. The van der Waals surface area contributed by atoms with Gasteiger partial charge in [-0.05, 0) is 61.4 Å². The fourth-order valence-corrected chi connectivity index (χ4v) is 10.3. The molecular formula is C50H62ClN6O10P. The molecule has 3 aliphatic heterocycles. The Morgan fingerprint density at radius 3 is 2.22 bits per heavy atom. The Hall–Kier alpha value is -5.22. The Labute approximate surface area is 403 Å². The molecule has 68 heavy (non-hydrogen) atoms. The number of hydrogen-bond donors (Lipinski definition) is 1. The van der Waals surface area contributed by atoms with E-state index in [0.29, 0.717) is 133 Å². The quantitative estimate of drug-likeness (QED) is 0.0560. The number of nitrogens with one attached hydrogen (secondary N) is 1. The summed E-state index contributed by atoms with van der Waals surface area (Å²) < 4.78 is 41.4. The first-order valence-corrected chi connectivity index (χ1v) is 26.3. The zero-order valence-electron chi connectivity index (χ0n) is 39.2. The molecule has 0 aliphatic carbocycles. The molecule has 1 aromatic heterocycles. The zero-order chi connectivity index (χ0) is 48.0. The Bertz CT molecular complexity index is 2460. The van der Waals surface area contributed by atoms with Gasteiger partial charge in [0.05, 0.1) is 70.5 Å². The average molecular weight is 974 g/mol. The number of halogens is 1. The van der Waals surface area contributed by atoms with Gasteiger partial charge in [-0.1, -0.05) is 54.1 Å². The number of piperazine rings is 1. The third-order valence-corrected chi connectivity index (χ3v) is 14.3. The van der Waals surface area contributed by atoms with E-state index >= 15 is 0 Å². The first-order chi connectivity index (χ1) is 32.9. The van der Waals surface area contributed by atoms with E-state index in [1.54, 1.807) is 37.6 Å². The number of piperidine rings is 1. The molecule has 7 rings (SSSR count). The number of ether oxygens (including phenoxy) is 5. The summed E-state index contributed by atoms with van der Waals surface area (Å²) in [4.78, 5) is 65.0. The lowest BCUT2D eigenvalue weighted by Crippen LogP contribution is -2.52. The lowest BCUT2D eigenvalue weighted by atomic mass is 10.00. The topological polar surface area (TPSA) is 179 Å². The maximum atomic E-state index is 13.1. The number of carbonyl (C=O) groups excluding carboxylic acids is 4. The van der Waals surface area contributed by atoms with Crippen molar-refractivity contribution in [1.29, 1.82) is 0 Å². The van der Waals surface area contributed by atoms with Crippen molar-refractivity contribution in [2.24, 2.45) is 0 Å². The molecule has 1 atom stereocenters. The van der Waals surface area contributed by atoms with Crippen LogP contribution in [-0.2, 0) is 63.7 Å². The molecule has 0 bridgehead atoms. The number of methoxy groups -OCH3 is 1. The van der Waals surface area contributed by atoms with Gasteiger partial charge in [-0.25, -0.2) is 9.97 Å². The first kappa shape index (κ1) is 50.7. The highest BCUT2D eigenvalue weighted by molar-refractivity contribution is 7.70. The predicted molar refractivity (Wildman–Crippen MR) is 259 cm³/mol. The van der Waals surface area contributed by atoms with Crippen molar-refractivity contribution in [2.75, 3.05) is 104 Å². The van der Waals surface area contributed by atoms with Gasteiger partial charge in [0.15, 0.2) is 0 Å². The molecule has 364 valence electrons. The van der Waals surface area contributed by atoms with Crippen LogP contribution in [0.3, 0.4) is 0 Å². The number of hydrogen-bond acceptors (Lipinski definition) is 13. The van der Waals surface area contributed by atoms with Gasteiger partial charge in [-0.15, -0.1) is 0 Å². The van der Waals surface area contributed by atoms with E-state index < -0.39 is 19.1 Å². The summed E-state index contributed by atoms with van der Waals surface area (Å²) in [5.74, 6) is 0.530. The summed E-state index contributed by atoms with van der Waals surface area (Å²) in [5, 5.41) is 3.64. The number of imide groups is 1. The number of aromatic nitrogens is 2. The van der Waals surface area contributed by atoms with Gasteiger partial charge >= 0.3 is 0 Å². The lowest BCUT2D eigenvalue weighted by Gasteiger charge is -2.36. The molecule has 18 heteroatoms. The van der Waals surface area contributed by atoms with Gasteiger partial charge in [0.2, 0.25) is 17.7 Å². The molecule has 2 fully saturated rings. The van der Waals surface area contributed by atoms with Gasteiger partial charge in [0, 0.05) is 93.0 Å². The Morgan fingerprint density at radius 1 is 0.824 bits per heavy atom. The van der Waals surface area contributed by atoms with Crippen molar-refractivity contribution >= 4 is 53.4 Å². The number of fused-ring (bicyclic) bond motifs is 1. The third-order valence-electron chi connectivity index (χ3n) is 12.4. The molecule has 2 saturated heterocycles. The molecule has 4 heterocycles. The number of rotatable bonds is 24. The average Bonchev–Trinajstić information content (AvgIpc) is 3.67. The van der Waals surface area contributed by atoms with Crippen molar-refractivity contribution in [3.05, 3.63) is 111 Å². The van der Waals surface area contributed by atoms with E-state index in [0.717, 1.165) is 51.8 Å². The van der Waals surface area contributed by atoms with Crippen LogP contribution in [0, 0.1) is 0 Å². The molecule has 0 saturated carbocycles. The van der Waals surface area contributed by atoms with E-state index in [-0.39, 0.29) is 24.1 Å². The van der Waals surface area contributed by atoms with Gasteiger partial charge in [-0.2, -0.15) is 0 Å². The molecule has 4 aromatic rings. The Kier molecular flexibility index (Phi) is 18.2. The third kappa shape index (κ3) is 13.5. The zero-order valence-corrected chi connectivity index (χ0v) is 40.9. The Morgan fingerprint density at radius 2 is 1.51 bits per heavy atom. The monoisotopic (exact) mass is 972 g/mol. The van der Waals surface area contributed by atoms with Crippen molar-refractivity contribution in [1.82, 2.24) is 25.1 Å². The van der Waals surface area contributed by atoms with Crippen LogP contribution in [-0.4, -0.2) is 149 Å². The highest BCUT2D eigenvalue weighted by atomic mass is 35.5. The summed E-state index contributed by atoms with van der Waals surface area (Å²) in [6.07, 6.45) is 4.92. The number of nitrogens with zero attached hydrogens (tertiary/aromatic N) is 5. The van der Waals surface area contributed by atoms with Gasteiger partial charge in [0.25, 0.3) is 5.91 Å². The van der Waals surface area contributed by atoms with Crippen LogP contribution in [0.15, 0.2) is 66.9 Å². The number of benzene rings is 3. The lowest BCUT2D eigenvalue weighted by molar-refractivity contribution is -0.137.